The van der Waals surface area contributed by atoms with Gasteiger partial charge in [0.25, 0.3) is 0 Å². The number of aromatic nitrogens is 1. The molecule has 21 heavy (non-hydrogen) atoms. The first-order valence-electron chi connectivity index (χ1n) is 5.94. The van der Waals surface area contributed by atoms with E-state index in [1.54, 1.807) is 29.6 Å². The van der Waals surface area contributed by atoms with Crippen LogP contribution in [0.1, 0.15) is 0 Å². The monoisotopic (exact) mass is 339 g/mol. The maximum absolute atomic E-state index is 13.6. The van der Waals surface area contributed by atoms with Crippen LogP contribution in [0.4, 0.5) is 4.39 Å². The van der Waals surface area contributed by atoms with Crippen molar-refractivity contribution in [3.8, 4) is 27.6 Å². The molecule has 1 aromatic heterocycles. The van der Waals surface area contributed by atoms with Crippen molar-refractivity contribution in [2.24, 2.45) is 0 Å². The van der Waals surface area contributed by atoms with Crippen LogP contribution in [0.25, 0.3) is 21.8 Å². The van der Waals surface area contributed by atoms with Gasteiger partial charge in [-0.05, 0) is 36.4 Å². The second kappa shape index (κ2) is 5.64. The highest BCUT2D eigenvalue weighted by molar-refractivity contribution is 7.13. The average molecular weight is 340 g/mol. The summed E-state index contributed by atoms with van der Waals surface area (Å²) in [7, 11) is 0. The van der Waals surface area contributed by atoms with Crippen molar-refractivity contribution < 1.29 is 9.50 Å². The van der Waals surface area contributed by atoms with Gasteiger partial charge in [0.2, 0.25) is 0 Å². The third-order valence-electron chi connectivity index (χ3n) is 2.90. The molecule has 0 bridgehead atoms. The molecule has 0 aliphatic heterocycles. The fraction of sp³-hybridized carbons (Fsp3) is 0. The molecule has 2 nitrogen and oxygen atoms in total. The largest absolute Gasteiger partial charge is 0.508 e. The fourth-order valence-electron chi connectivity index (χ4n) is 1.85. The lowest BCUT2D eigenvalue weighted by Crippen LogP contribution is -1.85. The molecule has 0 fully saturated rings. The second-order valence-corrected chi connectivity index (χ2v) is 6.00. The second-order valence-electron chi connectivity index (χ2n) is 4.33. The topological polar surface area (TPSA) is 33.1 Å². The van der Waals surface area contributed by atoms with Gasteiger partial charge in [0, 0.05) is 16.5 Å². The maximum Gasteiger partial charge on any atom is 0.142 e. The third-order valence-corrected chi connectivity index (χ3v) is 4.40. The van der Waals surface area contributed by atoms with Crippen molar-refractivity contribution in [2.75, 3.05) is 0 Å². The van der Waals surface area contributed by atoms with E-state index < -0.39 is 5.82 Å². The highest BCUT2D eigenvalue weighted by Crippen LogP contribution is 2.35. The van der Waals surface area contributed by atoms with E-state index in [4.69, 9.17) is 23.2 Å². The van der Waals surface area contributed by atoms with Crippen LogP contribution in [0.15, 0.2) is 41.8 Å². The first-order valence-corrected chi connectivity index (χ1v) is 7.58. The Morgan fingerprint density at radius 2 is 1.76 bits per heavy atom. The lowest BCUT2D eigenvalue weighted by Gasteiger charge is -2.02. The van der Waals surface area contributed by atoms with Crippen LogP contribution in [0.3, 0.4) is 0 Å². The maximum atomic E-state index is 13.6. The van der Waals surface area contributed by atoms with Crippen LogP contribution in [0.5, 0.6) is 5.75 Å². The zero-order valence-corrected chi connectivity index (χ0v) is 12.8. The Bertz CT molecular complexity index is 802. The number of benzene rings is 2. The number of phenols is 1. The van der Waals surface area contributed by atoms with Crippen molar-refractivity contribution in [3.05, 3.63) is 57.6 Å². The van der Waals surface area contributed by atoms with Gasteiger partial charge in [0.05, 0.1) is 15.7 Å². The molecule has 1 N–H and O–H groups in total. The summed E-state index contributed by atoms with van der Waals surface area (Å²) in [5, 5.41) is 12.2. The zero-order valence-electron chi connectivity index (χ0n) is 10.5. The molecular formula is C15H8Cl2FNOS. The minimum atomic E-state index is -0.532. The summed E-state index contributed by atoms with van der Waals surface area (Å²) in [5.74, 6) is -0.339. The van der Waals surface area contributed by atoms with E-state index in [2.05, 4.69) is 4.98 Å². The summed E-state index contributed by atoms with van der Waals surface area (Å²) in [4.78, 5) is 4.45. The average Bonchev–Trinajstić information content (AvgIpc) is 2.93. The lowest BCUT2D eigenvalue weighted by molar-refractivity contribution is 0.475. The fourth-order valence-corrected chi connectivity index (χ4v) is 3.16. The van der Waals surface area contributed by atoms with Crippen molar-refractivity contribution >= 4 is 34.5 Å². The van der Waals surface area contributed by atoms with E-state index in [1.165, 1.54) is 23.5 Å². The summed E-state index contributed by atoms with van der Waals surface area (Å²) in [5.41, 5.74) is 1.96. The molecule has 0 aliphatic carbocycles. The summed E-state index contributed by atoms with van der Waals surface area (Å²) >= 11 is 13.2. The molecule has 0 unspecified atom stereocenters. The van der Waals surface area contributed by atoms with Crippen molar-refractivity contribution in [2.45, 2.75) is 0 Å². The summed E-state index contributed by atoms with van der Waals surface area (Å²) in [6.45, 7) is 0. The number of hydrogen-bond acceptors (Lipinski definition) is 3. The number of rotatable bonds is 2. The number of thiazole rings is 1. The normalized spacial score (nSPS) is 10.8. The molecular weight excluding hydrogens is 332 g/mol. The van der Waals surface area contributed by atoms with E-state index in [0.29, 0.717) is 16.3 Å². The molecule has 0 radical (unpaired) electrons. The number of halogens is 3. The number of aromatic hydroxyl groups is 1. The standard InChI is InChI=1S/C15H8Cl2FNOS/c16-11-6-12(17)13(18)5-10(11)14-7-21-15(19-14)8-1-3-9(20)4-2-8/h1-7,20H. The molecule has 106 valence electrons. The van der Waals surface area contributed by atoms with Gasteiger partial charge in [-0.25, -0.2) is 9.37 Å². The van der Waals surface area contributed by atoms with Gasteiger partial charge in [-0.15, -0.1) is 11.3 Å². The molecule has 2 aromatic carbocycles. The van der Waals surface area contributed by atoms with Crippen molar-refractivity contribution in [1.29, 1.82) is 0 Å². The van der Waals surface area contributed by atoms with Crippen LogP contribution in [0, 0.1) is 5.82 Å². The van der Waals surface area contributed by atoms with E-state index in [1.807, 2.05) is 0 Å². The molecule has 0 saturated carbocycles. The number of phenolic OH excluding ortho intramolecular Hbond substituents is 1. The Kier molecular flexibility index (Phi) is 3.85. The van der Waals surface area contributed by atoms with Gasteiger partial charge in [-0.2, -0.15) is 0 Å². The van der Waals surface area contributed by atoms with Crippen LogP contribution in [-0.4, -0.2) is 10.1 Å². The Morgan fingerprint density at radius 1 is 1.05 bits per heavy atom. The predicted octanol–water partition coefficient (Wildman–Crippen LogP) is 5.63. The van der Waals surface area contributed by atoms with Crippen LogP contribution < -0.4 is 0 Å². The van der Waals surface area contributed by atoms with Gasteiger partial charge in [0.1, 0.15) is 16.6 Å². The summed E-state index contributed by atoms with van der Waals surface area (Å²) in [6, 6.07) is 9.36. The molecule has 1 heterocycles. The van der Waals surface area contributed by atoms with Gasteiger partial charge in [0.15, 0.2) is 0 Å². The molecule has 0 atom stereocenters. The molecule has 3 aromatic rings. The number of nitrogens with zero attached hydrogens (tertiary/aromatic N) is 1. The number of hydrogen-bond donors (Lipinski definition) is 1. The highest BCUT2D eigenvalue weighted by atomic mass is 35.5. The van der Waals surface area contributed by atoms with Crippen molar-refractivity contribution in [1.82, 2.24) is 4.98 Å². The summed E-state index contributed by atoms with van der Waals surface area (Å²) < 4.78 is 13.6. The molecule has 3 rings (SSSR count). The first kappa shape index (κ1) is 14.3. The Labute approximate surface area is 134 Å². The van der Waals surface area contributed by atoms with Gasteiger partial charge >= 0.3 is 0 Å². The smallest absolute Gasteiger partial charge is 0.142 e. The van der Waals surface area contributed by atoms with Crippen LogP contribution in [-0.2, 0) is 0 Å². The Morgan fingerprint density at radius 3 is 2.48 bits per heavy atom. The molecule has 6 heteroatoms. The lowest BCUT2D eigenvalue weighted by atomic mass is 10.1. The molecule has 0 aliphatic rings. The minimum Gasteiger partial charge on any atom is -0.508 e. The third kappa shape index (κ3) is 2.88. The van der Waals surface area contributed by atoms with Gasteiger partial charge in [-0.1, -0.05) is 23.2 Å². The van der Waals surface area contributed by atoms with Crippen molar-refractivity contribution in [3.63, 3.8) is 0 Å². The Hall–Kier alpha value is -1.62. The molecule has 0 saturated heterocycles. The minimum absolute atomic E-state index is 0.0160. The first-order chi connectivity index (χ1) is 10.0. The Balaban J connectivity index is 2.02. The van der Waals surface area contributed by atoms with Crippen LogP contribution >= 0.6 is 34.5 Å². The SMILES string of the molecule is Oc1ccc(-c2nc(-c3cc(F)c(Cl)cc3Cl)cs2)cc1. The van der Waals surface area contributed by atoms with E-state index in [-0.39, 0.29) is 10.8 Å². The van der Waals surface area contributed by atoms with Crippen LogP contribution in [0.2, 0.25) is 10.0 Å². The predicted molar refractivity (Wildman–Crippen MR) is 84.6 cm³/mol. The van der Waals surface area contributed by atoms with Gasteiger partial charge < -0.3 is 5.11 Å². The highest BCUT2D eigenvalue weighted by Gasteiger charge is 2.13. The van der Waals surface area contributed by atoms with E-state index in [0.717, 1.165) is 10.6 Å². The molecule has 0 amide bonds. The van der Waals surface area contributed by atoms with E-state index in [9.17, 15) is 9.50 Å². The summed E-state index contributed by atoms with van der Waals surface area (Å²) in [6.07, 6.45) is 0. The van der Waals surface area contributed by atoms with E-state index >= 15 is 0 Å². The van der Waals surface area contributed by atoms with Gasteiger partial charge in [-0.3, -0.25) is 0 Å². The molecule has 0 spiro atoms. The zero-order chi connectivity index (χ0) is 15.0. The quantitative estimate of drug-likeness (QED) is 0.614.